The monoisotopic (exact) mass is 538 g/mol. The zero-order valence-electron chi connectivity index (χ0n) is 23.2. The fourth-order valence-electron chi connectivity index (χ4n) is 5.28. The number of hydrogen-bond acceptors (Lipinski definition) is 4. The summed E-state index contributed by atoms with van der Waals surface area (Å²) in [6, 6.07) is 20.6. The molecule has 0 atom stereocenters. The molecule has 2 aliphatic rings. The number of carbonyl (C=O) groups excluding carboxylic acids is 4. The molecule has 0 saturated carbocycles. The van der Waals surface area contributed by atoms with Gasteiger partial charge in [-0.1, -0.05) is 36.4 Å². The fourth-order valence-corrected chi connectivity index (χ4v) is 5.28. The molecule has 5 rings (SSSR count). The number of rotatable bonds is 8. The van der Waals surface area contributed by atoms with Crippen molar-refractivity contribution in [2.24, 2.45) is 0 Å². The summed E-state index contributed by atoms with van der Waals surface area (Å²) in [5.41, 5.74) is 5.69. The van der Waals surface area contributed by atoms with Crippen LogP contribution in [0.3, 0.4) is 0 Å². The Bertz CT molecular complexity index is 1450. The van der Waals surface area contributed by atoms with Gasteiger partial charge < -0.3 is 19.6 Å². The second kappa shape index (κ2) is 11.3. The lowest BCUT2D eigenvalue weighted by Gasteiger charge is -2.19. The number of nitrogens with zero attached hydrogens (tertiary/aromatic N) is 4. The number of likely N-dealkylation sites (tertiary alicyclic amines) is 1. The Kier molecular flexibility index (Phi) is 7.69. The van der Waals surface area contributed by atoms with Gasteiger partial charge in [-0.15, -0.1) is 0 Å². The van der Waals surface area contributed by atoms with Crippen molar-refractivity contribution in [2.75, 3.05) is 27.7 Å². The third-order valence-electron chi connectivity index (χ3n) is 7.55. The molecule has 0 radical (unpaired) electrons. The first-order valence-electron chi connectivity index (χ1n) is 13.5. The van der Waals surface area contributed by atoms with Crippen molar-refractivity contribution < 1.29 is 19.2 Å². The number of benzene rings is 3. The summed E-state index contributed by atoms with van der Waals surface area (Å²) >= 11 is 0. The largest absolute Gasteiger partial charge is 0.345 e. The fraction of sp³-hybridized carbons (Fsp3) is 0.312. The highest BCUT2D eigenvalue weighted by Crippen LogP contribution is 2.26. The van der Waals surface area contributed by atoms with E-state index in [1.807, 2.05) is 59.5 Å². The smallest absolute Gasteiger partial charge is 0.254 e. The van der Waals surface area contributed by atoms with Crippen molar-refractivity contribution >= 4 is 23.6 Å². The third-order valence-corrected chi connectivity index (χ3v) is 7.55. The van der Waals surface area contributed by atoms with Gasteiger partial charge in [0.05, 0.1) is 0 Å². The minimum absolute atomic E-state index is 0.0358. The van der Waals surface area contributed by atoms with Gasteiger partial charge in [-0.3, -0.25) is 19.2 Å². The van der Waals surface area contributed by atoms with Gasteiger partial charge in [-0.2, -0.15) is 0 Å². The van der Waals surface area contributed by atoms with Crippen LogP contribution in [0.1, 0.15) is 66.2 Å². The van der Waals surface area contributed by atoms with E-state index in [0.29, 0.717) is 49.3 Å². The number of amides is 4. The number of fused-ring (bicyclic) bond motifs is 1. The van der Waals surface area contributed by atoms with E-state index >= 15 is 0 Å². The molecule has 2 heterocycles. The van der Waals surface area contributed by atoms with Crippen molar-refractivity contribution in [3.8, 4) is 0 Å². The molecule has 1 fully saturated rings. The summed E-state index contributed by atoms with van der Waals surface area (Å²) in [7, 11) is 5.19. The molecule has 3 aromatic rings. The van der Waals surface area contributed by atoms with Crippen LogP contribution < -0.4 is 0 Å². The minimum atomic E-state index is -0.103. The Morgan fingerprint density at radius 1 is 0.750 bits per heavy atom. The standard InChI is InChI=1S/C32H34N4O4/c1-33(2)30(38)25-11-6-23(7-12-25)20-36-21-27-15-10-24(17-28(27)32(36)40)18-34(3)31(39)26-13-8-22(9-14-26)19-35-16-4-5-29(35)37/h6-15,17H,4-5,16,18-21H2,1-3H3. The maximum atomic E-state index is 13.2. The van der Waals surface area contributed by atoms with Crippen molar-refractivity contribution in [1.82, 2.24) is 19.6 Å². The van der Waals surface area contributed by atoms with Crippen molar-refractivity contribution in [2.45, 2.75) is 39.0 Å². The molecule has 4 amide bonds. The van der Waals surface area contributed by atoms with Gasteiger partial charge in [0.2, 0.25) is 5.91 Å². The van der Waals surface area contributed by atoms with Crippen LogP contribution in [0, 0.1) is 0 Å². The average Bonchev–Trinajstić information content (AvgIpc) is 3.50. The Hall–Kier alpha value is -4.46. The molecule has 0 spiro atoms. The van der Waals surface area contributed by atoms with Crippen LogP contribution in [0.25, 0.3) is 0 Å². The molecule has 0 unspecified atom stereocenters. The van der Waals surface area contributed by atoms with Crippen LogP contribution >= 0.6 is 0 Å². The highest BCUT2D eigenvalue weighted by Gasteiger charge is 2.28. The van der Waals surface area contributed by atoms with E-state index in [-0.39, 0.29) is 23.6 Å². The molecule has 40 heavy (non-hydrogen) atoms. The van der Waals surface area contributed by atoms with Crippen LogP contribution in [0.2, 0.25) is 0 Å². The zero-order valence-corrected chi connectivity index (χ0v) is 23.2. The van der Waals surface area contributed by atoms with Crippen molar-refractivity contribution in [3.05, 3.63) is 106 Å². The lowest BCUT2D eigenvalue weighted by atomic mass is 10.1. The summed E-state index contributed by atoms with van der Waals surface area (Å²) in [6.07, 6.45) is 1.52. The molecule has 8 heteroatoms. The quantitative estimate of drug-likeness (QED) is 0.435. The first-order valence-corrected chi connectivity index (χ1v) is 13.5. The Morgan fingerprint density at radius 3 is 1.90 bits per heavy atom. The molecular formula is C32H34N4O4. The van der Waals surface area contributed by atoms with Gasteiger partial charge in [0.1, 0.15) is 0 Å². The third kappa shape index (κ3) is 5.76. The molecule has 2 aliphatic heterocycles. The molecule has 0 bridgehead atoms. The Labute approximate surface area is 234 Å². The van der Waals surface area contributed by atoms with Gasteiger partial charge >= 0.3 is 0 Å². The minimum Gasteiger partial charge on any atom is -0.345 e. The van der Waals surface area contributed by atoms with E-state index in [1.54, 1.807) is 43.1 Å². The molecule has 8 nitrogen and oxygen atoms in total. The second-order valence-corrected chi connectivity index (χ2v) is 10.8. The lowest BCUT2D eigenvalue weighted by molar-refractivity contribution is -0.128. The summed E-state index contributed by atoms with van der Waals surface area (Å²) in [4.78, 5) is 57.1. The molecule has 0 aromatic heterocycles. The van der Waals surface area contributed by atoms with Crippen molar-refractivity contribution in [3.63, 3.8) is 0 Å². The molecule has 0 aliphatic carbocycles. The maximum Gasteiger partial charge on any atom is 0.254 e. The van der Waals surface area contributed by atoms with Gasteiger partial charge in [0.15, 0.2) is 0 Å². The SMILES string of the molecule is CN(C)C(=O)c1ccc(CN2Cc3ccc(CN(C)C(=O)c4ccc(CN5CCCC5=O)cc4)cc3C2=O)cc1. The molecule has 1 saturated heterocycles. The van der Waals surface area contributed by atoms with E-state index < -0.39 is 0 Å². The van der Waals surface area contributed by atoms with Crippen LogP contribution in [0.4, 0.5) is 0 Å². The van der Waals surface area contributed by atoms with Crippen LogP contribution in [-0.2, 0) is 31.0 Å². The maximum absolute atomic E-state index is 13.2. The van der Waals surface area contributed by atoms with Gasteiger partial charge in [-0.05, 0) is 59.0 Å². The first kappa shape index (κ1) is 27.1. The second-order valence-electron chi connectivity index (χ2n) is 10.8. The summed E-state index contributed by atoms with van der Waals surface area (Å²) < 4.78 is 0. The predicted octanol–water partition coefficient (Wildman–Crippen LogP) is 3.94. The van der Waals surface area contributed by atoms with E-state index in [9.17, 15) is 19.2 Å². The lowest BCUT2D eigenvalue weighted by Crippen LogP contribution is -2.26. The average molecular weight is 539 g/mol. The van der Waals surface area contributed by atoms with E-state index in [0.717, 1.165) is 35.2 Å². The first-order chi connectivity index (χ1) is 19.2. The van der Waals surface area contributed by atoms with E-state index in [1.165, 1.54) is 4.90 Å². The predicted molar refractivity (Wildman–Crippen MR) is 151 cm³/mol. The summed E-state index contributed by atoms with van der Waals surface area (Å²) in [6.45, 7) is 2.72. The highest BCUT2D eigenvalue weighted by atomic mass is 16.2. The van der Waals surface area contributed by atoms with Gasteiger partial charge in [0, 0.05) is 77.0 Å². The van der Waals surface area contributed by atoms with E-state index in [2.05, 4.69) is 0 Å². The van der Waals surface area contributed by atoms with Gasteiger partial charge in [0.25, 0.3) is 17.7 Å². The zero-order chi connectivity index (χ0) is 28.4. The van der Waals surface area contributed by atoms with E-state index in [4.69, 9.17) is 0 Å². The molecule has 0 N–H and O–H groups in total. The highest BCUT2D eigenvalue weighted by molar-refractivity contribution is 5.99. The number of carbonyl (C=O) groups is 4. The molecule has 206 valence electrons. The topological polar surface area (TPSA) is 81.2 Å². The molecular weight excluding hydrogens is 504 g/mol. The Balaban J connectivity index is 1.19. The number of hydrogen-bond donors (Lipinski definition) is 0. The van der Waals surface area contributed by atoms with Crippen LogP contribution in [0.15, 0.2) is 66.7 Å². The van der Waals surface area contributed by atoms with Crippen LogP contribution in [-0.4, -0.2) is 70.9 Å². The summed E-state index contributed by atoms with van der Waals surface area (Å²) in [5, 5.41) is 0. The Morgan fingerprint density at radius 2 is 1.32 bits per heavy atom. The summed E-state index contributed by atoms with van der Waals surface area (Å²) in [5.74, 6) is -0.0120. The van der Waals surface area contributed by atoms with Gasteiger partial charge in [-0.25, -0.2) is 0 Å². The molecule has 3 aromatic carbocycles. The normalized spacial score (nSPS) is 14.5. The van der Waals surface area contributed by atoms with Crippen molar-refractivity contribution in [1.29, 1.82) is 0 Å². The van der Waals surface area contributed by atoms with Crippen LogP contribution in [0.5, 0.6) is 0 Å².